The van der Waals surface area contributed by atoms with Gasteiger partial charge in [-0.25, -0.2) is 0 Å². The van der Waals surface area contributed by atoms with E-state index in [-0.39, 0.29) is 11.6 Å². The molecule has 0 heterocycles. The highest BCUT2D eigenvalue weighted by molar-refractivity contribution is 6.30. The lowest BCUT2D eigenvalue weighted by Crippen LogP contribution is -2.12. The average molecular weight is 372 g/mol. The summed E-state index contributed by atoms with van der Waals surface area (Å²) >= 11 is 5.68. The molecule has 0 aromatic heterocycles. The maximum absolute atomic E-state index is 12.7. The van der Waals surface area contributed by atoms with Crippen LogP contribution in [-0.2, 0) is 6.18 Å². The van der Waals surface area contributed by atoms with Crippen LogP contribution in [0.5, 0.6) is 0 Å². The van der Waals surface area contributed by atoms with Crippen LogP contribution in [0.3, 0.4) is 0 Å². The molecule has 0 radical (unpaired) electrons. The van der Waals surface area contributed by atoms with Gasteiger partial charge in [-0.15, -0.1) is 0 Å². The summed E-state index contributed by atoms with van der Waals surface area (Å²) in [4.78, 5) is 34.1. The number of carbonyl (C=O) groups is 2. The Labute approximate surface area is 144 Å². The lowest BCUT2D eigenvalue weighted by atomic mass is 9.99. The van der Waals surface area contributed by atoms with Gasteiger partial charge < -0.3 is 0 Å². The molecule has 0 saturated carbocycles. The van der Waals surface area contributed by atoms with Gasteiger partial charge in [0.1, 0.15) is 0 Å². The van der Waals surface area contributed by atoms with E-state index < -0.39 is 45.9 Å². The molecule has 0 aliphatic heterocycles. The van der Waals surface area contributed by atoms with Crippen LogP contribution in [0.1, 0.15) is 32.7 Å². The second-order valence-electron chi connectivity index (χ2n) is 5.02. The maximum atomic E-state index is 12.7. The van der Waals surface area contributed by atoms with E-state index in [9.17, 15) is 32.9 Å². The van der Waals surface area contributed by atoms with E-state index in [1.54, 1.807) is 0 Å². The van der Waals surface area contributed by atoms with E-state index in [0.717, 1.165) is 0 Å². The fourth-order valence-electron chi connectivity index (χ4n) is 2.07. The minimum atomic E-state index is -4.79. The molecule has 2 aromatic rings. The average Bonchev–Trinajstić information content (AvgIpc) is 2.53. The monoisotopic (exact) mass is 371 g/mol. The van der Waals surface area contributed by atoms with Crippen LogP contribution in [0.2, 0.25) is 5.02 Å². The number of halogens is 4. The standard InChI is InChI=1S/C16H9ClF3NO4/c17-11-4-1-9(2-5-11)14(22)8-15(23)12-6-3-10(16(18,19)20)7-13(12)21(24)25/h1-7H,8H2. The highest BCUT2D eigenvalue weighted by atomic mass is 35.5. The Kier molecular flexibility index (Phi) is 5.22. The van der Waals surface area contributed by atoms with E-state index >= 15 is 0 Å². The Morgan fingerprint density at radius 2 is 1.64 bits per heavy atom. The van der Waals surface area contributed by atoms with Gasteiger partial charge in [0.15, 0.2) is 11.6 Å². The molecule has 0 atom stereocenters. The number of hydrogen-bond donors (Lipinski definition) is 0. The van der Waals surface area contributed by atoms with Gasteiger partial charge in [0, 0.05) is 16.7 Å². The molecule has 0 saturated heterocycles. The molecule has 5 nitrogen and oxygen atoms in total. The first kappa shape index (κ1) is 18.6. The number of nitro benzene ring substituents is 1. The Morgan fingerprint density at radius 3 is 2.16 bits per heavy atom. The first-order valence-electron chi connectivity index (χ1n) is 6.77. The second kappa shape index (κ2) is 7.02. The number of nitrogens with zero attached hydrogens (tertiary/aromatic N) is 1. The molecule has 0 bridgehead atoms. The first-order chi connectivity index (χ1) is 11.6. The van der Waals surface area contributed by atoms with Gasteiger partial charge in [-0.2, -0.15) is 13.2 Å². The van der Waals surface area contributed by atoms with E-state index in [2.05, 4.69) is 0 Å². The maximum Gasteiger partial charge on any atom is 0.416 e. The third-order valence-electron chi connectivity index (χ3n) is 3.31. The smallest absolute Gasteiger partial charge is 0.294 e. The largest absolute Gasteiger partial charge is 0.416 e. The van der Waals surface area contributed by atoms with Crippen molar-refractivity contribution in [3.8, 4) is 0 Å². The number of rotatable bonds is 5. The molecule has 0 aliphatic rings. The van der Waals surface area contributed by atoms with Crippen LogP contribution in [-0.4, -0.2) is 16.5 Å². The first-order valence-corrected chi connectivity index (χ1v) is 7.15. The Morgan fingerprint density at radius 1 is 1.04 bits per heavy atom. The topological polar surface area (TPSA) is 77.3 Å². The number of ketones is 2. The van der Waals surface area contributed by atoms with Crippen molar-refractivity contribution in [2.75, 3.05) is 0 Å². The van der Waals surface area contributed by atoms with Crippen molar-refractivity contribution in [3.05, 3.63) is 74.3 Å². The molecule has 130 valence electrons. The summed E-state index contributed by atoms with van der Waals surface area (Å²) in [7, 11) is 0. The van der Waals surface area contributed by atoms with E-state index in [1.165, 1.54) is 24.3 Å². The molecule has 0 spiro atoms. The number of carbonyl (C=O) groups excluding carboxylic acids is 2. The number of benzene rings is 2. The molecular formula is C16H9ClF3NO4. The van der Waals surface area contributed by atoms with Crippen LogP contribution in [0.4, 0.5) is 18.9 Å². The fraction of sp³-hybridized carbons (Fsp3) is 0.125. The molecular weight excluding hydrogens is 363 g/mol. The third kappa shape index (κ3) is 4.42. The summed E-state index contributed by atoms with van der Waals surface area (Å²) in [6, 6.07) is 7.16. The summed E-state index contributed by atoms with van der Waals surface area (Å²) in [5.74, 6) is -1.57. The van der Waals surface area contributed by atoms with Crippen LogP contribution in [0, 0.1) is 10.1 Å². The van der Waals surface area contributed by atoms with Crippen molar-refractivity contribution in [2.24, 2.45) is 0 Å². The quantitative estimate of drug-likeness (QED) is 0.329. The summed E-state index contributed by atoms with van der Waals surface area (Å²) in [6.07, 6.45) is -5.50. The van der Waals surface area contributed by atoms with Crippen molar-refractivity contribution in [3.63, 3.8) is 0 Å². The predicted molar refractivity (Wildman–Crippen MR) is 82.8 cm³/mol. The minimum absolute atomic E-state index is 0.160. The van der Waals surface area contributed by atoms with Crippen LogP contribution in [0.25, 0.3) is 0 Å². The van der Waals surface area contributed by atoms with Crippen molar-refractivity contribution in [1.82, 2.24) is 0 Å². The second-order valence-corrected chi connectivity index (χ2v) is 5.45. The van der Waals surface area contributed by atoms with Gasteiger partial charge in [0.25, 0.3) is 5.69 Å². The van der Waals surface area contributed by atoms with E-state index in [4.69, 9.17) is 11.6 Å². The Balaban J connectivity index is 2.31. The zero-order valence-corrected chi connectivity index (χ0v) is 13.1. The van der Waals surface area contributed by atoms with Gasteiger partial charge in [0.2, 0.25) is 0 Å². The number of alkyl halides is 3. The highest BCUT2D eigenvalue weighted by Gasteiger charge is 2.34. The van der Waals surface area contributed by atoms with Gasteiger partial charge in [0.05, 0.1) is 22.5 Å². The summed E-state index contributed by atoms with van der Waals surface area (Å²) < 4.78 is 38.0. The van der Waals surface area contributed by atoms with Crippen molar-refractivity contribution in [1.29, 1.82) is 0 Å². The lowest BCUT2D eigenvalue weighted by Gasteiger charge is -2.08. The number of nitro groups is 1. The van der Waals surface area contributed by atoms with Gasteiger partial charge in [-0.3, -0.25) is 19.7 Å². The van der Waals surface area contributed by atoms with Gasteiger partial charge in [-0.1, -0.05) is 11.6 Å². The normalized spacial score (nSPS) is 11.2. The molecule has 0 N–H and O–H groups in total. The summed E-state index contributed by atoms with van der Waals surface area (Å²) in [5, 5.41) is 11.4. The third-order valence-corrected chi connectivity index (χ3v) is 3.56. The zero-order valence-electron chi connectivity index (χ0n) is 12.3. The van der Waals surface area contributed by atoms with Gasteiger partial charge in [-0.05, 0) is 36.4 Å². The minimum Gasteiger partial charge on any atom is -0.294 e. The molecule has 2 rings (SSSR count). The molecule has 25 heavy (non-hydrogen) atoms. The van der Waals surface area contributed by atoms with Crippen molar-refractivity contribution in [2.45, 2.75) is 12.6 Å². The molecule has 0 fully saturated rings. The molecule has 0 unspecified atom stereocenters. The molecule has 0 aliphatic carbocycles. The number of Topliss-reactive ketones (excluding diaryl/α,β-unsaturated/α-hetero) is 2. The highest BCUT2D eigenvalue weighted by Crippen LogP contribution is 2.33. The predicted octanol–water partition coefficient (Wildman–Crippen LogP) is 4.72. The van der Waals surface area contributed by atoms with Crippen molar-refractivity contribution >= 4 is 28.9 Å². The summed E-state index contributed by atoms with van der Waals surface area (Å²) in [5.41, 5.74) is -2.64. The fourth-order valence-corrected chi connectivity index (χ4v) is 2.20. The van der Waals surface area contributed by atoms with E-state index in [0.29, 0.717) is 17.2 Å². The van der Waals surface area contributed by atoms with E-state index in [1.807, 2.05) is 0 Å². The van der Waals surface area contributed by atoms with Crippen LogP contribution >= 0.6 is 11.6 Å². The van der Waals surface area contributed by atoms with Crippen LogP contribution < -0.4 is 0 Å². The SMILES string of the molecule is O=C(CC(=O)c1ccc(C(F)(F)F)cc1[N+](=O)[O-])c1ccc(Cl)cc1. The Hall–Kier alpha value is -2.74. The zero-order chi connectivity index (χ0) is 18.8. The number of hydrogen-bond acceptors (Lipinski definition) is 4. The van der Waals surface area contributed by atoms with Gasteiger partial charge >= 0.3 is 6.18 Å². The molecule has 9 heteroatoms. The Bertz CT molecular complexity index is 847. The molecule has 2 aromatic carbocycles. The van der Waals surface area contributed by atoms with Crippen molar-refractivity contribution < 1.29 is 27.7 Å². The lowest BCUT2D eigenvalue weighted by molar-refractivity contribution is -0.385. The van der Waals surface area contributed by atoms with Crippen LogP contribution in [0.15, 0.2) is 42.5 Å². The summed E-state index contributed by atoms with van der Waals surface area (Å²) in [6.45, 7) is 0. The molecule has 0 amide bonds.